The highest BCUT2D eigenvalue weighted by Crippen LogP contribution is 2.46. The first kappa shape index (κ1) is 30.4. The van der Waals surface area contributed by atoms with Gasteiger partial charge in [-0.3, -0.25) is 0 Å². The van der Waals surface area contributed by atoms with Crippen molar-refractivity contribution < 1.29 is 0 Å². The summed E-state index contributed by atoms with van der Waals surface area (Å²) in [5.74, 6) is 0. The van der Waals surface area contributed by atoms with Crippen LogP contribution in [0.2, 0.25) is 0 Å². The molecule has 51 heavy (non-hydrogen) atoms. The van der Waals surface area contributed by atoms with E-state index in [1.807, 2.05) is 0 Å². The highest BCUT2D eigenvalue weighted by atomic mass is 15.1. The van der Waals surface area contributed by atoms with Gasteiger partial charge in [-0.25, -0.2) is 0 Å². The van der Waals surface area contributed by atoms with E-state index in [1.54, 1.807) is 0 Å². The summed E-state index contributed by atoms with van der Waals surface area (Å²) in [6, 6.07) is 76.7. The van der Waals surface area contributed by atoms with Crippen molar-refractivity contribution in [3.05, 3.63) is 212 Å². The number of anilines is 3. The van der Waals surface area contributed by atoms with Gasteiger partial charge in [0.1, 0.15) is 0 Å². The minimum absolute atomic E-state index is 1.10. The summed E-state index contributed by atoms with van der Waals surface area (Å²) in [4.78, 5) is 2.43. The Balaban J connectivity index is 1.23. The molecule has 1 nitrogen and oxygen atoms in total. The molecule has 0 amide bonds. The molecule has 9 aromatic carbocycles. The average Bonchev–Trinajstić information content (AvgIpc) is 3.22. The average molecular weight is 650 g/mol. The zero-order valence-electron chi connectivity index (χ0n) is 28.2. The number of rotatable bonds is 7. The van der Waals surface area contributed by atoms with Crippen molar-refractivity contribution in [2.45, 2.75) is 0 Å². The van der Waals surface area contributed by atoms with Crippen molar-refractivity contribution in [1.82, 2.24) is 0 Å². The molecule has 0 atom stereocenters. The summed E-state index contributed by atoms with van der Waals surface area (Å²) in [5, 5.41) is 4.92. The predicted octanol–water partition coefficient (Wildman–Crippen LogP) is 14.1. The van der Waals surface area contributed by atoms with E-state index in [4.69, 9.17) is 0 Å². The molecule has 0 radical (unpaired) electrons. The van der Waals surface area contributed by atoms with Crippen LogP contribution in [0.5, 0.6) is 0 Å². The Morgan fingerprint density at radius 3 is 1.53 bits per heavy atom. The van der Waals surface area contributed by atoms with Crippen molar-refractivity contribution in [2.24, 2.45) is 0 Å². The summed E-state index contributed by atoms with van der Waals surface area (Å²) in [7, 11) is 0. The highest BCUT2D eigenvalue weighted by Gasteiger charge is 2.21. The van der Waals surface area contributed by atoms with Crippen LogP contribution in [0.25, 0.3) is 66.1 Å². The molecule has 0 saturated heterocycles. The Hall–Kier alpha value is -6.70. The molecule has 0 bridgehead atoms. The second-order valence-electron chi connectivity index (χ2n) is 12.9. The minimum Gasteiger partial charge on any atom is -0.309 e. The van der Waals surface area contributed by atoms with Gasteiger partial charge in [0.15, 0.2) is 0 Å². The zero-order valence-corrected chi connectivity index (χ0v) is 28.2. The van der Waals surface area contributed by atoms with Crippen LogP contribution in [0.3, 0.4) is 0 Å². The fraction of sp³-hybridized carbons (Fsp3) is 0. The molecule has 0 N–H and O–H groups in total. The molecule has 240 valence electrons. The zero-order chi connectivity index (χ0) is 34.0. The lowest BCUT2D eigenvalue weighted by Crippen LogP contribution is -2.12. The van der Waals surface area contributed by atoms with Gasteiger partial charge in [-0.2, -0.15) is 0 Å². The summed E-state index contributed by atoms with van der Waals surface area (Å²) in [5.41, 5.74) is 13.0. The van der Waals surface area contributed by atoms with Crippen LogP contribution >= 0.6 is 0 Å². The molecule has 9 aromatic rings. The maximum absolute atomic E-state index is 2.43. The number of benzene rings is 9. The largest absolute Gasteiger partial charge is 0.309 e. The van der Waals surface area contributed by atoms with Gasteiger partial charge in [-0.15, -0.1) is 0 Å². The molecule has 1 heteroatoms. The Labute approximate surface area is 299 Å². The molecule has 0 spiro atoms. The summed E-state index contributed by atoms with van der Waals surface area (Å²) in [6.07, 6.45) is 0. The van der Waals surface area contributed by atoms with E-state index >= 15 is 0 Å². The molecule has 0 saturated carbocycles. The first-order valence-corrected chi connectivity index (χ1v) is 17.5. The van der Waals surface area contributed by atoms with Gasteiger partial charge in [-0.05, 0) is 85.4 Å². The second-order valence-corrected chi connectivity index (χ2v) is 12.9. The summed E-state index contributed by atoms with van der Waals surface area (Å²) in [6.45, 7) is 0. The van der Waals surface area contributed by atoms with Gasteiger partial charge in [0.2, 0.25) is 0 Å². The van der Waals surface area contributed by atoms with Crippen LogP contribution in [0.15, 0.2) is 212 Å². The molecule has 0 unspecified atom stereocenters. The number of para-hydroxylation sites is 1. The van der Waals surface area contributed by atoms with E-state index in [0.717, 1.165) is 17.1 Å². The van der Waals surface area contributed by atoms with Crippen LogP contribution < -0.4 is 4.90 Å². The SMILES string of the molecule is c1ccc(-c2ccccc2-c2ccccc2-c2ccccc2N(c2ccc(-c3ccc4ccccc4c3)cc2)c2cccc3ccccc23)cc1. The van der Waals surface area contributed by atoms with Gasteiger partial charge in [0.05, 0.1) is 11.4 Å². The van der Waals surface area contributed by atoms with E-state index in [9.17, 15) is 0 Å². The van der Waals surface area contributed by atoms with Gasteiger partial charge in [0.25, 0.3) is 0 Å². The fourth-order valence-electron chi connectivity index (χ4n) is 7.42. The van der Waals surface area contributed by atoms with Crippen LogP contribution in [-0.4, -0.2) is 0 Å². The quantitative estimate of drug-likeness (QED) is 0.166. The summed E-state index contributed by atoms with van der Waals surface area (Å²) >= 11 is 0. The van der Waals surface area contributed by atoms with Crippen LogP contribution in [-0.2, 0) is 0 Å². The Bertz CT molecular complexity index is 2630. The van der Waals surface area contributed by atoms with E-state index in [2.05, 4.69) is 217 Å². The van der Waals surface area contributed by atoms with Crippen molar-refractivity contribution in [1.29, 1.82) is 0 Å². The lowest BCUT2D eigenvalue weighted by Gasteiger charge is -2.29. The molecule has 9 rings (SSSR count). The molecular formula is C50H35N. The highest BCUT2D eigenvalue weighted by molar-refractivity contribution is 6.03. The van der Waals surface area contributed by atoms with Gasteiger partial charge in [-0.1, -0.05) is 182 Å². The summed E-state index contributed by atoms with van der Waals surface area (Å²) < 4.78 is 0. The molecule has 0 fully saturated rings. The maximum Gasteiger partial charge on any atom is 0.0540 e. The second kappa shape index (κ2) is 13.3. The third kappa shape index (κ3) is 5.75. The van der Waals surface area contributed by atoms with Crippen LogP contribution in [0.1, 0.15) is 0 Å². The molecule has 0 aliphatic rings. The monoisotopic (exact) mass is 649 g/mol. The minimum atomic E-state index is 1.10. The van der Waals surface area contributed by atoms with E-state index < -0.39 is 0 Å². The number of hydrogen-bond acceptors (Lipinski definition) is 1. The number of fused-ring (bicyclic) bond motifs is 2. The topological polar surface area (TPSA) is 3.24 Å². The standard InChI is InChI=1S/C50H35N/c1-2-16-38(17-3-1)43-21-8-9-23-45(43)46-24-10-11-25-47(46)48-26-12-13-27-50(48)51(49-28-14-20-39-18-6-7-22-44(39)49)42-33-31-37(32-34-42)41-30-29-36-15-4-5-19-40(36)35-41/h1-35H. The Kier molecular flexibility index (Phi) is 7.92. The van der Waals surface area contributed by atoms with Crippen molar-refractivity contribution in [3.8, 4) is 44.5 Å². The van der Waals surface area contributed by atoms with Gasteiger partial charge < -0.3 is 4.90 Å². The lowest BCUT2D eigenvalue weighted by atomic mass is 9.88. The van der Waals surface area contributed by atoms with Crippen molar-refractivity contribution in [3.63, 3.8) is 0 Å². The first-order chi connectivity index (χ1) is 25.3. The Morgan fingerprint density at radius 1 is 0.255 bits per heavy atom. The smallest absolute Gasteiger partial charge is 0.0540 e. The van der Waals surface area contributed by atoms with Crippen LogP contribution in [0, 0.1) is 0 Å². The third-order valence-corrected chi connectivity index (χ3v) is 9.88. The molecule has 0 heterocycles. The third-order valence-electron chi connectivity index (χ3n) is 9.88. The lowest BCUT2D eigenvalue weighted by molar-refractivity contribution is 1.30. The number of nitrogens with zero attached hydrogens (tertiary/aromatic N) is 1. The van der Waals surface area contributed by atoms with Crippen molar-refractivity contribution in [2.75, 3.05) is 4.90 Å². The normalized spacial score (nSPS) is 11.1. The molecule has 0 aliphatic heterocycles. The predicted molar refractivity (Wildman–Crippen MR) is 218 cm³/mol. The fourth-order valence-corrected chi connectivity index (χ4v) is 7.42. The van der Waals surface area contributed by atoms with Crippen molar-refractivity contribution >= 4 is 38.6 Å². The van der Waals surface area contributed by atoms with Crippen LogP contribution in [0.4, 0.5) is 17.1 Å². The molecule has 0 aliphatic carbocycles. The molecular weight excluding hydrogens is 615 g/mol. The number of hydrogen-bond donors (Lipinski definition) is 0. The first-order valence-electron chi connectivity index (χ1n) is 17.5. The molecule has 0 aromatic heterocycles. The van der Waals surface area contributed by atoms with Gasteiger partial charge >= 0.3 is 0 Å². The van der Waals surface area contributed by atoms with Gasteiger partial charge in [0, 0.05) is 16.6 Å². The van der Waals surface area contributed by atoms with E-state index in [0.29, 0.717) is 0 Å². The van der Waals surface area contributed by atoms with E-state index in [1.165, 1.54) is 66.1 Å². The Morgan fingerprint density at radius 2 is 0.765 bits per heavy atom. The van der Waals surface area contributed by atoms with E-state index in [-0.39, 0.29) is 0 Å². The maximum atomic E-state index is 2.43.